The van der Waals surface area contributed by atoms with E-state index in [1.54, 1.807) is 0 Å². The second-order valence-electron chi connectivity index (χ2n) is 6.85. The highest BCUT2D eigenvalue weighted by atomic mass is 19.1. The number of nitrogens with one attached hydrogen (secondary N) is 1. The van der Waals surface area contributed by atoms with Crippen molar-refractivity contribution in [2.24, 2.45) is 7.05 Å². The summed E-state index contributed by atoms with van der Waals surface area (Å²) in [6.45, 7) is 0.252. The maximum Gasteiger partial charge on any atom is 0.331 e. The maximum atomic E-state index is 13.1. The molecule has 30 heavy (non-hydrogen) atoms. The van der Waals surface area contributed by atoms with E-state index in [2.05, 4.69) is 5.32 Å². The first kappa shape index (κ1) is 19.4. The third-order valence-corrected chi connectivity index (χ3v) is 4.80. The Balaban J connectivity index is 1.67. The summed E-state index contributed by atoms with van der Waals surface area (Å²) in [5.41, 5.74) is 0.418. The lowest BCUT2D eigenvalue weighted by atomic mass is 10.2. The Kier molecular flexibility index (Phi) is 5.05. The SMILES string of the molecule is Cn1c(=O)n(Cc2ccc(F)cc2)c(=O)c2oc(C(=O)NCc3ccccc3)cc21. The summed E-state index contributed by atoms with van der Waals surface area (Å²) in [7, 11) is 1.49. The number of furan rings is 1. The van der Waals surface area contributed by atoms with Crippen LogP contribution >= 0.6 is 0 Å². The van der Waals surface area contributed by atoms with Crippen LogP contribution in [0.3, 0.4) is 0 Å². The van der Waals surface area contributed by atoms with Gasteiger partial charge >= 0.3 is 5.69 Å². The summed E-state index contributed by atoms with van der Waals surface area (Å²) >= 11 is 0. The summed E-state index contributed by atoms with van der Waals surface area (Å²) in [5.74, 6) is -0.966. The molecule has 8 heteroatoms. The van der Waals surface area contributed by atoms with Crippen LogP contribution in [0.25, 0.3) is 11.1 Å². The van der Waals surface area contributed by atoms with Gasteiger partial charge in [0.05, 0.1) is 12.1 Å². The van der Waals surface area contributed by atoms with Gasteiger partial charge in [0.1, 0.15) is 5.82 Å². The lowest BCUT2D eigenvalue weighted by molar-refractivity contribution is 0.0925. The second-order valence-corrected chi connectivity index (χ2v) is 6.85. The molecular formula is C22H18FN3O4. The van der Waals surface area contributed by atoms with Crippen LogP contribution in [0.5, 0.6) is 0 Å². The van der Waals surface area contributed by atoms with Gasteiger partial charge in [-0.3, -0.25) is 18.7 Å². The van der Waals surface area contributed by atoms with Gasteiger partial charge in [-0.05, 0) is 23.3 Å². The van der Waals surface area contributed by atoms with Crippen molar-refractivity contribution >= 4 is 17.0 Å². The van der Waals surface area contributed by atoms with E-state index in [-0.39, 0.29) is 23.4 Å². The van der Waals surface area contributed by atoms with Crippen LogP contribution in [0.15, 0.2) is 74.7 Å². The average molecular weight is 407 g/mol. The molecule has 0 aliphatic rings. The Bertz CT molecular complexity index is 1340. The predicted octanol–water partition coefficient (Wildman–Crippen LogP) is 2.41. The first-order valence-electron chi connectivity index (χ1n) is 9.24. The topological polar surface area (TPSA) is 86.2 Å². The highest BCUT2D eigenvalue weighted by Crippen LogP contribution is 2.15. The third kappa shape index (κ3) is 3.67. The van der Waals surface area contributed by atoms with E-state index >= 15 is 0 Å². The third-order valence-electron chi connectivity index (χ3n) is 4.80. The molecule has 4 rings (SSSR count). The standard InChI is InChI=1S/C22H18FN3O4/c1-25-17-11-18(20(27)24-12-14-5-3-2-4-6-14)30-19(17)21(28)26(22(25)29)13-15-7-9-16(23)10-8-15/h2-11H,12-13H2,1H3,(H,24,27). The Morgan fingerprint density at radius 3 is 2.43 bits per heavy atom. The van der Waals surface area contributed by atoms with Gasteiger partial charge in [-0.1, -0.05) is 42.5 Å². The van der Waals surface area contributed by atoms with Crippen molar-refractivity contribution in [3.05, 3.63) is 104 Å². The molecule has 0 bridgehead atoms. The monoisotopic (exact) mass is 407 g/mol. The molecule has 0 aliphatic carbocycles. The normalized spacial score (nSPS) is 11.0. The van der Waals surface area contributed by atoms with Crippen LogP contribution in [-0.2, 0) is 20.1 Å². The lowest BCUT2D eigenvalue weighted by Crippen LogP contribution is -2.38. The number of aromatic nitrogens is 2. The molecule has 2 aromatic carbocycles. The zero-order chi connectivity index (χ0) is 21.3. The number of carbonyl (C=O) groups is 1. The number of hydrogen-bond donors (Lipinski definition) is 1. The number of nitrogens with zero attached hydrogens (tertiary/aromatic N) is 2. The molecule has 2 aromatic heterocycles. The van der Waals surface area contributed by atoms with E-state index in [1.807, 2.05) is 30.3 Å². The van der Waals surface area contributed by atoms with Gasteiger partial charge in [-0.15, -0.1) is 0 Å². The van der Waals surface area contributed by atoms with Crippen LogP contribution in [0.1, 0.15) is 21.7 Å². The fraction of sp³-hybridized carbons (Fsp3) is 0.136. The van der Waals surface area contributed by atoms with Gasteiger partial charge < -0.3 is 9.73 Å². The van der Waals surface area contributed by atoms with Crippen molar-refractivity contribution in [1.82, 2.24) is 14.5 Å². The van der Waals surface area contributed by atoms with Gasteiger partial charge in [-0.25, -0.2) is 9.18 Å². The molecule has 4 aromatic rings. The molecule has 0 saturated carbocycles. The van der Waals surface area contributed by atoms with Gasteiger partial charge in [0.25, 0.3) is 11.5 Å². The molecule has 1 amide bonds. The quantitative estimate of drug-likeness (QED) is 0.551. The Hall–Kier alpha value is -3.94. The molecule has 0 radical (unpaired) electrons. The fourth-order valence-electron chi connectivity index (χ4n) is 3.17. The first-order valence-corrected chi connectivity index (χ1v) is 9.24. The van der Waals surface area contributed by atoms with E-state index in [4.69, 9.17) is 4.42 Å². The van der Waals surface area contributed by atoms with E-state index < -0.39 is 23.0 Å². The van der Waals surface area contributed by atoms with Crippen molar-refractivity contribution < 1.29 is 13.6 Å². The van der Waals surface area contributed by atoms with Gasteiger partial charge in [0.2, 0.25) is 5.58 Å². The molecule has 152 valence electrons. The number of aryl methyl sites for hydroxylation is 1. The molecular weight excluding hydrogens is 389 g/mol. The minimum atomic E-state index is -0.653. The zero-order valence-electron chi connectivity index (χ0n) is 16.1. The first-order chi connectivity index (χ1) is 14.4. The van der Waals surface area contributed by atoms with Crippen LogP contribution in [0.4, 0.5) is 4.39 Å². The molecule has 0 aliphatic heterocycles. The van der Waals surface area contributed by atoms with Crippen molar-refractivity contribution in [3.8, 4) is 0 Å². The summed E-state index contributed by atoms with van der Waals surface area (Å²) in [6, 6.07) is 16.2. The number of fused-ring (bicyclic) bond motifs is 1. The molecule has 0 fully saturated rings. The van der Waals surface area contributed by atoms with Crippen LogP contribution < -0.4 is 16.6 Å². The van der Waals surface area contributed by atoms with Crippen molar-refractivity contribution in [3.63, 3.8) is 0 Å². The van der Waals surface area contributed by atoms with Crippen LogP contribution in [0.2, 0.25) is 0 Å². The number of amides is 1. The second kappa shape index (κ2) is 7.82. The smallest absolute Gasteiger partial charge is 0.331 e. The molecule has 1 N–H and O–H groups in total. The van der Waals surface area contributed by atoms with E-state index in [0.717, 1.165) is 10.1 Å². The molecule has 7 nitrogen and oxygen atoms in total. The van der Waals surface area contributed by atoms with Gasteiger partial charge in [0.15, 0.2) is 5.76 Å². The average Bonchev–Trinajstić information content (AvgIpc) is 3.21. The van der Waals surface area contributed by atoms with Gasteiger partial charge in [0, 0.05) is 19.7 Å². The van der Waals surface area contributed by atoms with E-state index in [9.17, 15) is 18.8 Å². The number of rotatable bonds is 5. The van der Waals surface area contributed by atoms with Gasteiger partial charge in [-0.2, -0.15) is 0 Å². The largest absolute Gasteiger partial charge is 0.443 e. The van der Waals surface area contributed by atoms with E-state index in [1.165, 1.54) is 41.9 Å². The Labute approximate surface area is 170 Å². The fourth-order valence-corrected chi connectivity index (χ4v) is 3.17. The highest BCUT2D eigenvalue weighted by molar-refractivity contribution is 5.95. The number of halogens is 1. The zero-order valence-corrected chi connectivity index (χ0v) is 16.1. The maximum absolute atomic E-state index is 13.1. The van der Waals surface area contributed by atoms with Crippen LogP contribution in [-0.4, -0.2) is 15.0 Å². The highest BCUT2D eigenvalue weighted by Gasteiger charge is 2.19. The summed E-state index contributed by atoms with van der Waals surface area (Å²) in [6.07, 6.45) is 0. The molecule has 0 unspecified atom stereocenters. The minimum absolute atomic E-state index is 0.0437. The molecule has 0 spiro atoms. The minimum Gasteiger partial charge on any atom is -0.443 e. The summed E-state index contributed by atoms with van der Waals surface area (Å²) < 4.78 is 20.9. The molecule has 0 atom stereocenters. The number of carbonyl (C=O) groups excluding carboxylic acids is 1. The van der Waals surface area contributed by atoms with E-state index in [0.29, 0.717) is 12.1 Å². The van der Waals surface area contributed by atoms with Crippen molar-refractivity contribution in [2.75, 3.05) is 0 Å². The Morgan fingerprint density at radius 2 is 1.73 bits per heavy atom. The predicted molar refractivity (Wildman–Crippen MR) is 109 cm³/mol. The molecule has 2 heterocycles. The number of hydrogen-bond acceptors (Lipinski definition) is 4. The summed E-state index contributed by atoms with van der Waals surface area (Å²) in [5, 5.41) is 2.73. The summed E-state index contributed by atoms with van der Waals surface area (Å²) in [4.78, 5) is 38.0. The van der Waals surface area contributed by atoms with Crippen LogP contribution in [0, 0.1) is 5.82 Å². The van der Waals surface area contributed by atoms with Crippen molar-refractivity contribution in [2.45, 2.75) is 13.1 Å². The lowest BCUT2D eigenvalue weighted by Gasteiger charge is -2.07. The number of benzene rings is 2. The molecule has 0 saturated heterocycles. The Morgan fingerprint density at radius 1 is 1.03 bits per heavy atom. The van der Waals surface area contributed by atoms with Crippen molar-refractivity contribution in [1.29, 1.82) is 0 Å².